The van der Waals surface area contributed by atoms with Crippen LogP contribution in [0, 0.1) is 6.92 Å². The lowest BCUT2D eigenvalue weighted by atomic mass is 10.3. The minimum absolute atomic E-state index is 0.0717. The van der Waals surface area contributed by atoms with E-state index in [1.54, 1.807) is 25.1 Å². The van der Waals surface area contributed by atoms with Gasteiger partial charge in [-0.15, -0.1) is 0 Å². The summed E-state index contributed by atoms with van der Waals surface area (Å²) in [5, 5.41) is 4.69. The molecule has 0 unspecified atom stereocenters. The van der Waals surface area contributed by atoms with Gasteiger partial charge in [0, 0.05) is 0 Å². The van der Waals surface area contributed by atoms with Crippen LogP contribution in [0.25, 0.3) is 5.69 Å². The lowest BCUT2D eigenvalue weighted by molar-refractivity contribution is 0.600. The summed E-state index contributed by atoms with van der Waals surface area (Å²) in [5.41, 5.74) is 1.36. The monoisotopic (exact) mass is 381 g/mol. The Bertz CT molecular complexity index is 986. The summed E-state index contributed by atoms with van der Waals surface area (Å²) < 4.78 is 29.3. The Hall–Kier alpha value is -2.02. The van der Waals surface area contributed by atoms with Gasteiger partial charge in [0.25, 0.3) is 10.0 Å². The molecule has 2 aromatic carbocycles. The number of halogens is 2. The van der Waals surface area contributed by atoms with Crippen LogP contribution in [0.15, 0.2) is 59.6 Å². The highest BCUT2D eigenvalue weighted by Gasteiger charge is 2.22. The number of nitrogens with zero attached hydrogens (tertiary/aromatic N) is 2. The van der Waals surface area contributed by atoms with Gasteiger partial charge < -0.3 is 0 Å². The van der Waals surface area contributed by atoms with Crippen LogP contribution in [-0.4, -0.2) is 18.2 Å². The Morgan fingerprint density at radius 1 is 1.04 bits per heavy atom. The third-order valence-corrected chi connectivity index (χ3v) is 5.65. The molecule has 0 saturated heterocycles. The van der Waals surface area contributed by atoms with Crippen molar-refractivity contribution in [1.29, 1.82) is 0 Å². The second kappa shape index (κ2) is 6.47. The van der Waals surface area contributed by atoms with Gasteiger partial charge in [-0.2, -0.15) is 5.10 Å². The fourth-order valence-corrected chi connectivity index (χ4v) is 3.85. The first-order chi connectivity index (χ1) is 11.4. The number of sulfonamides is 1. The average Bonchev–Trinajstić information content (AvgIpc) is 2.95. The molecule has 3 rings (SSSR count). The van der Waals surface area contributed by atoms with Gasteiger partial charge in [0.2, 0.25) is 0 Å². The molecule has 0 radical (unpaired) electrons. The molecule has 5 nitrogen and oxygen atoms in total. The summed E-state index contributed by atoms with van der Waals surface area (Å²) in [6, 6.07) is 14.0. The molecular formula is C16H13Cl2N3O2S. The van der Waals surface area contributed by atoms with Gasteiger partial charge in [-0.25, -0.2) is 13.1 Å². The predicted molar refractivity (Wildman–Crippen MR) is 95.6 cm³/mol. The second-order valence-corrected chi connectivity index (χ2v) is 7.50. The van der Waals surface area contributed by atoms with Gasteiger partial charge in [0.15, 0.2) is 0 Å². The van der Waals surface area contributed by atoms with Crippen molar-refractivity contribution in [3.63, 3.8) is 0 Å². The topological polar surface area (TPSA) is 64.0 Å². The zero-order chi connectivity index (χ0) is 17.3. The summed E-state index contributed by atoms with van der Waals surface area (Å²) >= 11 is 12.0. The van der Waals surface area contributed by atoms with E-state index in [0.29, 0.717) is 5.69 Å². The quantitative estimate of drug-likeness (QED) is 0.732. The number of para-hydroxylation sites is 1. The van der Waals surface area contributed by atoms with Crippen LogP contribution in [-0.2, 0) is 10.0 Å². The molecule has 0 fully saturated rings. The summed E-state index contributed by atoms with van der Waals surface area (Å²) in [6.07, 6.45) is 1.46. The summed E-state index contributed by atoms with van der Waals surface area (Å²) in [4.78, 5) is 0.0717. The molecule has 1 aromatic heterocycles. The minimum Gasteiger partial charge on any atom is -0.278 e. The maximum atomic E-state index is 12.7. The van der Waals surface area contributed by atoms with Crippen LogP contribution in [0.3, 0.4) is 0 Å². The highest BCUT2D eigenvalue weighted by molar-refractivity contribution is 7.92. The van der Waals surface area contributed by atoms with E-state index >= 15 is 0 Å². The maximum absolute atomic E-state index is 12.7. The van der Waals surface area contributed by atoms with Crippen LogP contribution in [0.4, 0.5) is 5.69 Å². The Kier molecular flexibility index (Phi) is 4.54. The molecule has 0 spiro atoms. The number of rotatable bonds is 4. The van der Waals surface area contributed by atoms with Crippen molar-refractivity contribution in [2.75, 3.05) is 4.72 Å². The molecule has 0 amide bonds. The molecular weight excluding hydrogens is 369 g/mol. The van der Waals surface area contributed by atoms with Crippen LogP contribution >= 0.6 is 23.2 Å². The molecule has 3 aromatic rings. The van der Waals surface area contributed by atoms with E-state index in [2.05, 4.69) is 9.82 Å². The SMILES string of the molecule is Cc1nn(-c2ccccc2)cc1S(=O)(=O)Nc1cccc(Cl)c1Cl. The molecule has 24 heavy (non-hydrogen) atoms. The highest BCUT2D eigenvalue weighted by Crippen LogP contribution is 2.31. The first-order valence-electron chi connectivity index (χ1n) is 6.97. The standard InChI is InChI=1S/C16H13Cl2N3O2S/c1-11-15(10-21(19-11)12-6-3-2-4-7-12)24(22,23)20-14-9-5-8-13(17)16(14)18/h2-10,20H,1H3. The van der Waals surface area contributed by atoms with E-state index in [-0.39, 0.29) is 20.6 Å². The van der Waals surface area contributed by atoms with Gasteiger partial charge >= 0.3 is 0 Å². The smallest absolute Gasteiger partial charge is 0.265 e. The van der Waals surface area contributed by atoms with E-state index in [9.17, 15) is 8.42 Å². The van der Waals surface area contributed by atoms with Crippen molar-refractivity contribution in [2.45, 2.75) is 11.8 Å². The molecule has 1 heterocycles. The number of anilines is 1. The zero-order valence-corrected chi connectivity index (χ0v) is 14.9. The molecule has 0 saturated carbocycles. The first kappa shape index (κ1) is 16.8. The van der Waals surface area contributed by atoms with E-state index in [1.165, 1.54) is 10.9 Å². The fourth-order valence-electron chi connectivity index (χ4n) is 2.20. The van der Waals surface area contributed by atoms with Crippen LogP contribution in [0.2, 0.25) is 10.0 Å². The van der Waals surface area contributed by atoms with E-state index in [1.807, 2.05) is 30.3 Å². The molecule has 1 N–H and O–H groups in total. The fraction of sp³-hybridized carbons (Fsp3) is 0.0625. The third kappa shape index (κ3) is 3.26. The maximum Gasteiger partial charge on any atom is 0.265 e. The highest BCUT2D eigenvalue weighted by atomic mass is 35.5. The summed E-state index contributed by atoms with van der Waals surface area (Å²) in [5.74, 6) is 0. The zero-order valence-electron chi connectivity index (χ0n) is 12.6. The normalized spacial score (nSPS) is 11.5. The van der Waals surface area contributed by atoms with E-state index in [4.69, 9.17) is 23.2 Å². The average molecular weight is 382 g/mol. The van der Waals surface area contributed by atoms with Gasteiger partial charge in [-0.3, -0.25) is 4.72 Å². The van der Waals surface area contributed by atoms with Crippen molar-refractivity contribution < 1.29 is 8.42 Å². The number of benzene rings is 2. The van der Waals surface area contributed by atoms with Crippen molar-refractivity contribution in [2.24, 2.45) is 0 Å². The predicted octanol–water partition coefficient (Wildman–Crippen LogP) is 4.29. The largest absolute Gasteiger partial charge is 0.278 e. The second-order valence-electron chi connectivity index (χ2n) is 5.07. The summed E-state index contributed by atoms with van der Waals surface area (Å²) in [7, 11) is -3.85. The number of aromatic nitrogens is 2. The van der Waals surface area contributed by atoms with Gasteiger partial charge in [0.1, 0.15) is 4.90 Å². The lowest BCUT2D eigenvalue weighted by Crippen LogP contribution is -2.13. The van der Waals surface area contributed by atoms with Crippen molar-refractivity contribution in [1.82, 2.24) is 9.78 Å². The van der Waals surface area contributed by atoms with Crippen molar-refractivity contribution in [3.05, 3.63) is 70.5 Å². The van der Waals surface area contributed by atoms with Gasteiger partial charge in [0.05, 0.1) is 33.3 Å². The van der Waals surface area contributed by atoms with Crippen molar-refractivity contribution in [3.8, 4) is 5.69 Å². The molecule has 124 valence electrons. The van der Waals surface area contributed by atoms with Crippen molar-refractivity contribution >= 4 is 38.9 Å². The van der Waals surface area contributed by atoms with Gasteiger partial charge in [-0.05, 0) is 31.2 Å². The van der Waals surface area contributed by atoms with Gasteiger partial charge in [-0.1, -0.05) is 47.5 Å². The first-order valence-corrected chi connectivity index (χ1v) is 9.21. The van der Waals surface area contributed by atoms with Crippen LogP contribution in [0.1, 0.15) is 5.69 Å². The Morgan fingerprint density at radius 3 is 2.46 bits per heavy atom. The molecule has 8 heteroatoms. The number of nitrogens with one attached hydrogen (secondary N) is 1. The number of hydrogen-bond acceptors (Lipinski definition) is 3. The van der Waals surface area contributed by atoms with Crippen LogP contribution in [0.5, 0.6) is 0 Å². The molecule has 0 aliphatic carbocycles. The van der Waals surface area contributed by atoms with E-state index < -0.39 is 10.0 Å². The molecule has 0 aliphatic heterocycles. The van der Waals surface area contributed by atoms with E-state index in [0.717, 1.165) is 5.69 Å². The summed E-state index contributed by atoms with van der Waals surface area (Å²) in [6.45, 7) is 1.63. The van der Waals surface area contributed by atoms with Crippen LogP contribution < -0.4 is 4.72 Å². The molecule has 0 atom stereocenters. The number of hydrogen-bond donors (Lipinski definition) is 1. The molecule has 0 bridgehead atoms. The Morgan fingerprint density at radius 2 is 1.75 bits per heavy atom. The lowest BCUT2D eigenvalue weighted by Gasteiger charge is -2.09. The Labute approximate surface area is 149 Å². The number of aryl methyl sites for hydroxylation is 1. The molecule has 0 aliphatic rings. The Balaban J connectivity index is 1.99. The minimum atomic E-state index is -3.85. The third-order valence-electron chi connectivity index (χ3n) is 3.36.